The van der Waals surface area contributed by atoms with E-state index in [4.69, 9.17) is 11.6 Å². The topological polar surface area (TPSA) is 35.5 Å². The average molecular weight is 283 g/mol. The maximum Gasteiger partial charge on any atom is 0.0528 e. The molecule has 0 aromatic heterocycles. The fourth-order valence-corrected chi connectivity index (χ4v) is 2.35. The van der Waals surface area contributed by atoms with E-state index in [1.54, 1.807) is 0 Å². The van der Waals surface area contributed by atoms with Crippen LogP contribution in [0.3, 0.4) is 0 Å². The highest BCUT2D eigenvalue weighted by molar-refractivity contribution is 6.31. The van der Waals surface area contributed by atoms with Crippen LogP contribution in [0, 0.1) is 0 Å². The SMILES string of the molecule is CC(O)CCN(C)c1cccc(Cl)c1CNC1CC1. The van der Waals surface area contributed by atoms with Crippen LogP contribution < -0.4 is 10.2 Å². The summed E-state index contributed by atoms with van der Waals surface area (Å²) in [6.07, 6.45) is 3.04. The Labute approximate surface area is 120 Å². The molecule has 4 heteroatoms. The number of rotatable bonds is 7. The normalized spacial score (nSPS) is 16.4. The number of aliphatic hydroxyl groups excluding tert-OH is 1. The van der Waals surface area contributed by atoms with Gasteiger partial charge in [0.05, 0.1) is 6.10 Å². The van der Waals surface area contributed by atoms with E-state index in [9.17, 15) is 5.11 Å². The molecule has 0 radical (unpaired) electrons. The van der Waals surface area contributed by atoms with Gasteiger partial charge in [-0.2, -0.15) is 0 Å². The molecule has 1 aliphatic rings. The summed E-state index contributed by atoms with van der Waals surface area (Å²) in [5, 5.41) is 13.7. The maximum absolute atomic E-state index is 9.39. The second-order valence-corrected chi connectivity index (χ2v) is 5.86. The van der Waals surface area contributed by atoms with Gasteiger partial charge in [-0.3, -0.25) is 0 Å². The van der Waals surface area contributed by atoms with Crippen molar-refractivity contribution in [1.29, 1.82) is 0 Å². The maximum atomic E-state index is 9.39. The predicted molar refractivity (Wildman–Crippen MR) is 80.9 cm³/mol. The molecular weight excluding hydrogens is 260 g/mol. The number of nitrogens with zero attached hydrogens (tertiary/aromatic N) is 1. The molecule has 106 valence electrons. The van der Waals surface area contributed by atoms with Crippen LogP contribution in [0.1, 0.15) is 31.7 Å². The molecule has 0 amide bonds. The van der Waals surface area contributed by atoms with Gasteiger partial charge in [-0.05, 0) is 38.3 Å². The molecule has 1 aromatic carbocycles. The molecule has 1 atom stereocenters. The van der Waals surface area contributed by atoms with E-state index >= 15 is 0 Å². The van der Waals surface area contributed by atoms with Crippen molar-refractivity contribution in [1.82, 2.24) is 5.32 Å². The minimum Gasteiger partial charge on any atom is -0.393 e. The van der Waals surface area contributed by atoms with Gasteiger partial charge in [0.25, 0.3) is 0 Å². The quantitative estimate of drug-likeness (QED) is 0.807. The number of anilines is 1. The third kappa shape index (κ3) is 4.37. The molecule has 1 saturated carbocycles. The number of benzene rings is 1. The molecule has 1 aliphatic carbocycles. The largest absolute Gasteiger partial charge is 0.393 e. The first-order valence-corrected chi connectivity index (χ1v) is 7.35. The third-order valence-corrected chi connectivity index (χ3v) is 3.89. The zero-order valence-corrected chi connectivity index (χ0v) is 12.5. The Morgan fingerprint density at radius 1 is 1.47 bits per heavy atom. The number of halogens is 1. The number of aliphatic hydroxyl groups is 1. The third-order valence-electron chi connectivity index (χ3n) is 3.53. The fraction of sp³-hybridized carbons (Fsp3) is 0.600. The van der Waals surface area contributed by atoms with Gasteiger partial charge in [0.15, 0.2) is 0 Å². The van der Waals surface area contributed by atoms with Crippen LogP contribution in [0.4, 0.5) is 5.69 Å². The van der Waals surface area contributed by atoms with Gasteiger partial charge in [-0.25, -0.2) is 0 Å². The molecule has 1 unspecified atom stereocenters. The van der Waals surface area contributed by atoms with Gasteiger partial charge in [0, 0.05) is 42.5 Å². The summed E-state index contributed by atoms with van der Waals surface area (Å²) in [4.78, 5) is 2.17. The Morgan fingerprint density at radius 2 is 2.21 bits per heavy atom. The molecule has 0 saturated heterocycles. The number of hydrogen-bond donors (Lipinski definition) is 2. The van der Waals surface area contributed by atoms with Gasteiger partial charge in [-0.15, -0.1) is 0 Å². The summed E-state index contributed by atoms with van der Waals surface area (Å²) < 4.78 is 0. The summed E-state index contributed by atoms with van der Waals surface area (Å²) in [5.41, 5.74) is 2.31. The first-order chi connectivity index (χ1) is 9.08. The Hall–Kier alpha value is -0.770. The lowest BCUT2D eigenvalue weighted by atomic mass is 10.1. The highest BCUT2D eigenvalue weighted by Gasteiger charge is 2.21. The summed E-state index contributed by atoms with van der Waals surface area (Å²) in [5.74, 6) is 0. The molecule has 1 aromatic rings. The summed E-state index contributed by atoms with van der Waals surface area (Å²) in [6.45, 7) is 3.47. The van der Waals surface area contributed by atoms with Gasteiger partial charge in [0.2, 0.25) is 0 Å². The van der Waals surface area contributed by atoms with Crippen molar-refractivity contribution in [2.24, 2.45) is 0 Å². The van der Waals surface area contributed by atoms with Crippen molar-refractivity contribution in [2.45, 2.75) is 44.9 Å². The lowest BCUT2D eigenvalue weighted by molar-refractivity contribution is 0.187. The van der Waals surface area contributed by atoms with Crippen molar-refractivity contribution in [3.8, 4) is 0 Å². The van der Waals surface area contributed by atoms with E-state index in [-0.39, 0.29) is 6.10 Å². The van der Waals surface area contributed by atoms with Crippen molar-refractivity contribution in [3.05, 3.63) is 28.8 Å². The van der Waals surface area contributed by atoms with E-state index in [1.165, 1.54) is 12.8 Å². The average Bonchev–Trinajstić information content (AvgIpc) is 3.18. The molecule has 0 bridgehead atoms. The van der Waals surface area contributed by atoms with Crippen molar-refractivity contribution >= 4 is 17.3 Å². The zero-order valence-electron chi connectivity index (χ0n) is 11.7. The molecule has 0 aliphatic heterocycles. The van der Waals surface area contributed by atoms with Crippen LogP contribution in [0.2, 0.25) is 5.02 Å². The Bertz CT molecular complexity index is 419. The Kier molecular flexibility index (Phi) is 5.08. The molecular formula is C15H23ClN2O. The Morgan fingerprint density at radius 3 is 2.84 bits per heavy atom. The monoisotopic (exact) mass is 282 g/mol. The second-order valence-electron chi connectivity index (χ2n) is 5.45. The standard InChI is InChI=1S/C15H23ClN2O/c1-11(19)8-9-18(2)15-5-3-4-14(16)13(15)10-17-12-6-7-12/h3-5,11-12,17,19H,6-10H2,1-2H3. The minimum atomic E-state index is -0.269. The molecule has 0 heterocycles. The highest BCUT2D eigenvalue weighted by Crippen LogP contribution is 2.28. The second kappa shape index (κ2) is 6.60. The fourth-order valence-electron chi connectivity index (χ4n) is 2.11. The number of nitrogens with one attached hydrogen (secondary N) is 1. The van der Waals surface area contributed by atoms with Crippen LogP contribution in [-0.2, 0) is 6.54 Å². The molecule has 0 spiro atoms. The van der Waals surface area contributed by atoms with Gasteiger partial charge in [0.1, 0.15) is 0 Å². The predicted octanol–water partition coefficient (Wildman–Crippen LogP) is 2.80. The lowest BCUT2D eigenvalue weighted by Crippen LogP contribution is -2.25. The number of hydrogen-bond acceptors (Lipinski definition) is 3. The smallest absolute Gasteiger partial charge is 0.0528 e. The van der Waals surface area contributed by atoms with Crippen molar-refractivity contribution in [3.63, 3.8) is 0 Å². The van der Waals surface area contributed by atoms with E-state index < -0.39 is 0 Å². The molecule has 3 nitrogen and oxygen atoms in total. The van der Waals surface area contributed by atoms with Crippen LogP contribution >= 0.6 is 11.6 Å². The van der Waals surface area contributed by atoms with E-state index in [0.29, 0.717) is 6.04 Å². The van der Waals surface area contributed by atoms with E-state index in [2.05, 4.69) is 23.3 Å². The molecule has 19 heavy (non-hydrogen) atoms. The molecule has 1 fully saturated rings. The molecule has 2 rings (SSSR count). The van der Waals surface area contributed by atoms with Crippen LogP contribution in [0.25, 0.3) is 0 Å². The lowest BCUT2D eigenvalue weighted by Gasteiger charge is -2.24. The van der Waals surface area contributed by atoms with E-state index in [1.807, 2.05) is 19.1 Å². The summed E-state index contributed by atoms with van der Waals surface area (Å²) >= 11 is 6.32. The first-order valence-electron chi connectivity index (χ1n) is 6.98. The Balaban J connectivity index is 2.06. The molecule has 2 N–H and O–H groups in total. The summed E-state index contributed by atoms with van der Waals surface area (Å²) in [7, 11) is 2.05. The van der Waals surface area contributed by atoms with Crippen LogP contribution in [-0.4, -0.2) is 30.8 Å². The van der Waals surface area contributed by atoms with Gasteiger partial charge >= 0.3 is 0 Å². The van der Waals surface area contributed by atoms with Crippen LogP contribution in [0.5, 0.6) is 0 Å². The minimum absolute atomic E-state index is 0.269. The first kappa shape index (κ1) is 14.6. The van der Waals surface area contributed by atoms with Crippen molar-refractivity contribution < 1.29 is 5.11 Å². The van der Waals surface area contributed by atoms with Gasteiger partial charge < -0.3 is 15.3 Å². The highest BCUT2D eigenvalue weighted by atomic mass is 35.5. The van der Waals surface area contributed by atoms with Crippen LogP contribution in [0.15, 0.2) is 18.2 Å². The summed E-state index contributed by atoms with van der Waals surface area (Å²) in [6, 6.07) is 6.69. The van der Waals surface area contributed by atoms with E-state index in [0.717, 1.165) is 35.8 Å². The zero-order chi connectivity index (χ0) is 13.8. The van der Waals surface area contributed by atoms with Gasteiger partial charge in [-0.1, -0.05) is 17.7 Å². The van der Waals surface area contributed by atoms with Crippen molar-refractivity contribution in [2.75, 3.05) is 18.5 Å².